The average Bonchev–Trinajstić information content (AvgIpc) is 3.49. The van der Waals surface area contributed by atoms with Crippen LogP contribution < -0.4 is 16.4 Å². The maximum atomic E-state index is 12.3. The minimum absolute atomic E-state index is 0.173. The molecular weight excluding hydrogens is 394 g/mol. The van der Waals surface area contributed by atoms with Gasteiger partial charge in [-0.2, -0.15) is 5.26 Å². The lowest BCUT2D eigenvalue weighted by atomic mass is 10.0. The number of anilines is 2. The summed E-state index contributed by atoms with van der Waals surface area (Å²) in [7, 11) is 3.43. The molecule has 1 saturated carbocycles. The van der Waals surface area contributed by atoms with Crippen molar-refractivity contribution in [2.45, 2.75) is 20.3 Å². The number of aromatic nitrogens is 3. The van der Waals surface area contributed by atoms with Crippen LogP contribution in [0.4, 0.5) is 11.6 Å². The third-order valence-electron chi connectivity index (χ3n) is 5.92. The van der Waals surface area contributed by atoms with Crippen LogP contribution in [-0.4, -0.2) is 33.4 Å². The van der Waals surface area contributed by atoms with Crippen molar-refractivity contribution < 1.29 is 9.59 Å². The average molecular weight is 417 g/mol. The van der Waals surface area contributed by atoms with E-state index < -0.39 is 0 Å². The Morgan fingerprint density at radius 2 is 2.06 bits per heavy atom. The normalized spacial score (nSPS) is 17.3. The molecule has 0 saturated heterocycles. The van der Waals surface area contributed by atoms with Gasteiger partial charge in [0.05, 0.1) is 23.6 Å². The topological polar surface area (TPSA) is 139 Å². The molecule has 158 valence electrons. The maximum absolute atomic E-state index is 12.3. The van der Waals surface area contributed by atoms with Gasteiger partial charge in [-0.25, -0.2) is 9.97 Å². The highest BCUT2D eigenvalue weighted by molar-refractivity contribution is 6.00. The van der Waals surface area contributed by atoms with Crippen LogP contribution in [0.5, 0.6) is 0 Å². The number of carbonyl (C=O) groups excluding carboxylic acids is 2. The monoisotopic (exact) mass is 417 g/mol. The van der Waals surface area contributed by atoms with Crippen LogP contribution in [0.1, 0.15) is 28.2 Å². The zero-order valence-electron chi connectivity index (χ0n) is 17.8. The van der Waals surface area contributed by atoms with Crippen molar-refractivity contribution in [3.63, 3.8) is 0 Å². The van der Waals surface area contributed by atoms with Gasteiger partial charge in [0.15, 0.2) is 0 Å². The minimum Gasteiger partial charge on any atom is -0.383 e. The summed E-state index contributed by atoms with van der Waals surface area (Å²) in [5, 5.41) is 15.8. The van der Waals surface area contributed by atoms with Gasteiger partial charge in [0.25, 0.3) is 5.91 Å². The molecule has 9 heteroatoms. The van der Waals surface area contributed by atoms with Crippen LogP contribution in [0.3, 0.4) is 0 Å². The predicted molar refractivity (Wildman–Crippen MR) is 117 cm³/mol. The second-order valence-corrected chi connectivity index (χ2v) is 7.82. The first kappa shape index (κ1) is 20.3. The van der Waals surface area contributed by atoms with Crippen LogP contribution in [0.25, 0.3) is 22.0 Å². The fourth-order valence-electron chi connectivity index (χ4n) is 4.01. The number of nitrogens with two attached hydrogens (primary N) is 1. The molecule has 1 unspecified atom stereocenters. The number of carbonyl (C=O) groups is 2. The van der Waals surface area contributed by atoms with Crippen molar-refractivity contribution in [2.24, 2.45) is 18.9 Å². The summed E-state index contributed by atoms with van der Waals surface area (Å²) in [5.41, 5.74) is 9.95. The second kappa shape index (κ2) is 7.40. The summed E-state index contributed by atoms with van der Waals surface area (Å²) >= 11 is 0. The van der Waals surface area contributed by atoms with E-state index in [1.807, 2.05) is 31.5 Å². The second-order valence-electron chi connectivity index (χ2n) is 7.82. The first-order valence-corrected chi connectivity index (χ1v) is 9.91. The molecule has 2 atom stereocenters. The van der Waals surface area contributed by atoms with E-state index in [1.165, 1.54) is 0 Å². The van der Waals surface area contributed by atoms with E-state index in [4.69, 9.17) is 11.0 Å². The number of amides is 2. The zero-order valence-corrected chi connectivity index (χ0v) is 17.8. The van der Waals surface area contributed by atoms with Crippen molar-refractivity contribution in [2.75, 3.05) is 18.1 Å². The number of hydrogen-bond acceptors (Lipinski definition) is 6. The Hall–Kier alpha value is -3.93. The highest BCUT2D eigenvalue weighted by atomic mass is 16.2. The molecule has 2 amide bonds. The molecule has 1 aliphatic rings. The van der Waals surface area contributed by atoms with Crippen molar-refractivity contribution in [3.8, 4) is 17.3 Å². The van der Waals surface area contributed by atoms with E-state index >= 15 is 0 Å². The van der Waals surface area contributed by atoms with Gasteiger partial charge in [-0.3, -0.25) is 9.59 Å². The molecule has 4 N–H and O–H groups in total. The number of hydrogen-bond donors (Lipinski definition) is 3. The summed E-state index contributed by atoms with van der Waals surface area (Å²) in [5.74, 6) is -0.165. The van der Waals surface area contributed by atoms with E-state index in [2.05, 4.69) is 26.7 Å². The van der Waals surface area contributed by atoms with Gasteiger partial charge in [0, 0.05) is 36.9 Å². The van der Waals surface area contributed by atoms with Crippen molar-refractivity contribution >= 4 is 34.2 Å². The van der Waals surface area contributed by atoms with E-state index in [0.29, 0.717) is 34.8 Å². The SMILES string of the molecule is CNC(=O)c1c(C)c(-c2cc3cc(NC(=O)[C@@H]4CC4C#N)ncc3c(N)n2)c(C)n1C. The molecule has 3 heterocycles. The van der Waals surface area contributed by atoms with Crippen molar-refractivity contribution in [3.05, 3.63) is 35.3 Å². The van der Waals surface area contributed by atoms with Gasteiger partial charge < -0.3 is 20.9 Å². The summed E-state index contributed by atoms with van der Waals surface area (Å²) in [4.78, 5) is 33.4. The molecule has 1 aliphatic carbocycles. The molecule has 0 aromatic carbocycles. The van der Waals surface area contributed by atoms with E-state index in [9.17, 15) is 9.59 Å². The molecule has 31 heavy (non-hydrogen) atoms. The first-order valence-electron chi connectivity index (χ1n) is 9.91. The molecular formula is C22H23N7O2. The van der Waals surface area contributed by atoms with Crippen LogP contribution in [0.2, 0.25) is 0 Å². The minimum atomic E-state index is -0.279. The van der Waals surface area contributed by atoms with Crippen LogP contribution in [0.15, 0.2) is 18.3 Å². The van der Waals surface area contributed by atoms with E-state index in [1.54, 1.807) is 19.3 Å². The summed E-state index contributed by atoms with van der Waals surface area (Å²) < 4.78 is 1.84. The van der Waals surface area contributed by atoms with Crippen LogP contribution >= 0.6 is 0 Å². The van der Waals surface area contributed by atoms with Gasteiger partial charge in [-0.15, -0.1) is 0 Å². The van der Waals surface area contributed by atoms with Gasteiger partial charge in [0.1, 0.15) is 17.3 Å². The lowest BCUT2D eigenvalue weighted by molar-refractivity contribution is -0.117. The standard InChI is InChI=1S/C22H23N7O2/c1-10-18(11(2)29(4)19(10)22(31)25-3)16-6-12-7-17(26-9-15(12)20(24)27-16)28-21(30)14-5-13(14)8-23/h6-7,9,13-14H,5H2,1-4H3,(H2,24,27)(H,25,31)(H,26,28,30)/t13?,14-/m1/s1. The van der Waals surface area contributed by atoms with E-state index in [-0.39, 0.29) is 23.7 Å². The Kier molecular flexibility index (Phi) is 4.85. The Bertz CT molecular complexity index is 1290. The fourth-order valence-corrected chi connectivity index (χ4v) is 4.01. The summed E-state index contributed by atoms with van der Waals surface area (Å²) in [6, 6.07) is 5.73. The van der Waals surface area contributed by atoms with Gasteiger partial charge in [0.2, 0.25) is 5.91 Å². The predicted octanol–water partition coefficient (Wildman–Crippen LogP) is 2.29. The van der Waals surface area contributed by atoms with Gasteiger partial charge in [-0.05, 0) is 43.4 Å². The van der Waals surface area contributed by atoms with Gasteiger partial charge in [-0.1, -0.05) is 0 Å². The molecule has 0 bridgehead atoms. The Balaban J connectivity index is 1.76. The number of nitrogens with one attached hydrogen (secondary N) is 2. The fraction of sp³-hybridized carbons (Fsp3) is 0.318. The molecule has 3 aromatic heterocycles. The highest BCUT2D eigenvalue weighted by Gasteiger charge is 2.43. The number of pyridine rings is 2. The molecule has 9 nitrogen and oxygen atoms in total. The first-order chi connectivity index (χ1) is 14.8. The number of nitrogens with zero attached hydrogens (tertiary/aromatic N) is 4. The Labute approximate surface area is 179 Å². The maximum Gasteiger partial charge on any atom is 0.267 e. The molecule has 4 rings (SSSR count). The number of fused-ring (bicyclic) bond motifs is 1. The quantitative estimate of drug-likeness (QED) is 0.595. The van der Waals surface area contributed by atoms with Gasteiger partial charge >= 0.3 is 0 Å². The van der Waals surface area contributed by atoms with E-state index in [0.717, 1.165) is 22.2 Å². The largest absolute Gasteiger partial charge is 0.383 e. The molecule has 0 radical (unpaired) electrons. The van der Waals surface area contributed by atoms with Crippen LogP contribution in [0, 0.1) is 37.0 Å². The number of rotatable bonds is 4. The smallest absolute Gasteiger partial charge is 0.267 e. The third kappa shape index (κ3) is 3.36. The lowest BCUT2D eigenvalue weighted by Gasteiger charge is -2.10. The number of nitriles is 1. The molecule has 0 aliphatic heterocycles. The van der Waals surface area contributed by atoms with Crippen LogP contribution in [-0.2, 0) is 11.8 Å². The van der Waals surface area contributed by atoms with Crippen molar-refractivity contribution in [1.82, 2.24) is 19.9 Å². The summed E-state index contributed by atoms with van der Waals surface area (Å²) in [6.07, 6.45) is 2.16. The Morgan fingerprint density at radius 1 is 1.32 bits per heavy atom. The highest BCUT2D eigenvalue weighted by Crippen LogP contribution is 2.39. The molecule has 0 spiro atoms. The lowest BCUT2D eigenvalue weighted by Crippen LogP contribution is -2.21. The molecule has 3 aromatic rings. The molecule has 1 fully saturated rings. The zero-order chi connectivity index (χ0) is 22.4. The summed E-state index contributed by atoms with van der Waals surface area (Å²) in [6.45, 7) is 3.81. The third-order valence-corrected chi connectivity index (χ3v) is 5.92. The van der Waals surface area contributed by atoms with Crippen molar-refractivity contribution in [1.29, 1.82) is 5.26 Å². The number of nitrogen functional groups attached to an aromatic ring is 1. The Morgan fingerprint density at radius 3 is 2.71 bits per heavy atom.